The predicted octanol–water partition coefficient (Wildman–Crippen LogP) is 7.36. The Bertz CT molecular complexity index is 1270. The molecule has 2 aliphatic carbocycles. The highest BCUT2D eigenvalue weighted by Crippen LogP contribution is 2.51. The van der Waals surface area contributed by atoms with Crippen LogP contribution in [0.15, 0.2) is 66.9 Å². The molecule has 3 aromatic rings. The van der Waals surface area contributed by atoms with Gasteiger partial charge in [-0.25, -0.2) is 14.6 Å². The zero-order chi connectivity index (χ0) is 26.7. The quantitative estimate of drug-likeness (QED) is 0.300. The Morgan fingerprint density at radius 1 is 0.868 bits per heavy atom. The van der Waals surface area contributed by atoms with Gasteiger partial charge >= 0.3 is 12.0 Å². The van der Waals surface area contributed by atoms with Gasteiger partial charge in [0.2, 0.25) is 0 Å². The molecule has 7 heteroatoms. The van der Waals surface area contributed by atoms with Crippen LogP contribution in [0, 0.1) is 17.8 Å². The third-order valence-corrected chi connectivity index (χ3v) is 8.07. The summed E-state index contributed by atoms with van der Waals surface area (Å²) in [6.07, 6.45) is 8.24. The fraction of sp³-hybridized carbons (Fsp3) is 0.387. The van der Waals surface area contributed by atoms with Crippen molar-refractivity contribution in [1.82, 2.24) is 4.98 Å². The maximum absolute atomic E-state index is 12.6. The van der Waals surface area contributed by atoms with E-state index in [2.05, 4.69) is 46.9 Å². The molecule has 2 bridgehead atoms. The number of amides is 2. The van der Waals surface area contributed by atoms with Gasteiger partial charge in [-0.15, -0.1) is 0 Å². The highest BCUT2D eigenvalue weighted by atomic mass is 16.5. The molecule has 198 valence electrons. The Kier molecular flexibility index (Phi) is 7.36. The smallest absolute Gasteiger partial charge is 0.341 e. The number of urea groups is 1. The number of rotatable bonds is 6. The van der Waals surface area contributed by atoms with Gasteiger partial charge in [0.25, 0.3) is 0 Å². The van der Waals surface area contributed by atoms with Crippen molar-refractivity contribution in [2.24, 2.45) is 17.8 Å². The zero-order valence-corrected chi connectivity index (χ0v) is 22.3. The highest BCUT2D eigenvalue weighted by molar-refractivity contribution is 6.00. The summed E-state index contributed by atoms with van der Waals surface area (Å²) in [6, 6.07) is 18.6. The van der Waals surface area contributed by atoms with E-state index in [1.807, 2.05) is 12.1 Å². The van der Waals surface area contributed by atoms with Crippen LogP contribution in [0.2, 0.25) is 0 Å². The molecular formula is C31H36N4O3. The molecule has 2 fully saturated rings. The summed E-state index contributed by atoms with van der Waals surface area (Å²) in [7, 11) is 1.33. The minimum absolute atomic E-state index is 0.219. The van der Waals surface area contributed by atoms with Crippen molar-refractivity contribution in [3.63, 3.8) is 0 Å². The third kappa shape index (κ3) is 5.82. The molecule has 0 spiro atoms. The monoisotopic (exact) mass is 512 g/mol. The first-order chi connectivity index (χ1) is 18.3. The lowest BCUT2D eigenvalue weighted by molar-refractivity contribution is 0.0601. The minimum atomic E-state index is -0.464. The second-order valence-electron chi connectivity index (χ2n) is 11.3. The molecule has 1 aromatic heterocycles. The van der Waals surface area contributed by atoms with Crippen LogP contribution in [0.1, 0.15) is 61.9 Å². The first-order valence-electron chi connectivity index (χ1n) is 13.4. The first-order valence-corrected chi connectivity index (χ1v) is 13.4. The number of aromatic nitrogens is 1. The van der Waals surface area contributed by atoms with Crippen LogP contribution in [0.25, 0.3) is 0 Å². The molecule has 0 aliphatic heterocycles. The number of carbonyl (C=O) groups is 2. The van der Waals surface area contributed by atoms with Crippen LogP contribution in [0.5, 0.6) is 0 Å². The number of fused-ring (bicyclic) bond motifs is 2. The Balaban J connectivity index is 1.17. The fourth-order valence-corrected chi connectivity index (χ4v) is 6.63. The SMILES string of the molecule is COC(=O)c1cccnc1Nc1ccc(NC(=O)Nc2ccc(C3(C)CC4CC(C)CC(C4)C3)cc2)cc1. The summed E-state index contributed by atoms with van der Waals surface area (Å²) >= 11 is 0. The molecule has 38 heavy (non-hydrogen) atoms. The van der Waals surface area contributed by atoms with Crippen LogP contribution in [0.3, 0.4) is 0 Å². The van der Waals surface area contributed by atoms with E-state index in [1.54, 1.807) is 42.6 Å². The number of nitrogens with one attached hydrogen (secondary N) is 3. The predicted molar refractivity (Wildman–Crippen MR) is 151 cm³/mol. The fourth-order valence-electron chi connectivity index (χ4n) is 6.63. The van der Waals surface area contributed by atoms with E-state index in [9.17, 15) is 9.59 Å². The van der Waals surface area contributed by atoms with E-state index in [4.69, 9.17) is 4.74 Å². The molecule has 3 N–H and O–H groups in total. The van der Waals surface area contributed by atoms with Gasteiger partial charge in [-0.3, -0.25) is 0 Å². The Morgan fingerprint density at radius 2 is 1.45 bits per heavy atom. The van der Waals surface area contributed by atoms with Crippen molar-refractivity contribution in [2.75, 3.05) is 23.1 Å². The third-order valence-electron chi connectivity index (χ3n) is 8.07. The number of ether oxygens (including phenoxy) is 1. The van der Waals surface area contributed by atoms with E-state index < -0.39 is 5.97 Å². The number of pyridine rings is 1. The van der Waals surface area contributed by atoms with Gasteiger partial charge in [0, 0.05) is 23.3 Å². The van der Waals surface area contributed by atoms with Gasteiger partial charge in [-0.2, -0.15) is 0 Å². The van der Waals surface area contributed by atoms with Gasteiger partial charge in [0.1, 0.15) is 11.4 Å². The van der Waals surface area contributed by atoms with Crippen LogP contribution >= 0.6 is 0 Å². The number of methoxy groups -OCH3 is 1. The molecule has 0 radical (unpaired) electrons. The highest BCUT2D eigenvalue weighted by Gasteiger charge is 2.41. The molecule has 7 nitrogen and oxygen atoms in total. The molecule has 2 aromatic carbocycles. The van der Waals surface area contributed by atoms with Crippen molar-refractivity contribution in [2.45, 2.75) is 51.4 Å². The summed E-state index contributed by atoms with van der Waals surface area (Å²) in [4.78, 5) is 28.8. The lowest BCUT2D eigenvalue weighted by Gasteiger charge is -2.47. The number of anilines is 4. The molecule has 2 atom stereocenters. The number of carbonyl (C=O) groups excluding carboxylic acids is 2. The number of benzene rings is 2. The van der Waals surface area contributed by atoms with Crippen molar-refractivity contribution in [3.05, 3.63) is 78.0 Å². The van der Waals surface area contributed by atoms with Crippen molar-refractivity contribution >= 4 is 34.9 Å². The molecule has 5 rings (SSSR count). The second kappa shape index (κ2) is 10.9. The van der Waals surface area contributed by atoms with Crippen molar-refractivity contribution in [1.29, 1.82) is 0 Å². The minimum Gasteiger partial charge on any atom is -0.465 e. The van der Waals surface area contributed by atoms with Gasteiger partial charge in [0.05, 0.1) is 7.11 Å². The molecule has 2 amide bonds. The first kappa shape index (κ1) is 25.8. The van der Waals surface area contributed by atoms with Gasteiger partial charge in [0.15, 0.2) is 0 Å². The topological polar surface area (TPSA) is 92.3 Å². The van der Waals surface area contributed by atoms with Crippen molar-refractivity contribution in [3.8, 4) is 0 Å². The molecule has 2 saturated carbocycles. The number of hydrogen-bond acceptors (Lipinski definition) is 5. The lowest BCUT2D eigenvalue weighted by Crippen LogP contribution is -2.38. The maximum Gasteiger partial charge on any atom is 0.341 e. The van der Waals surface area contributed by atoms with Crippen molar-refractivity contribution < 1.29 is 14.3 Å². The van der Waals surface area contributed by atoms with Crippen LogP contribution in [-0.2, 0) is 10.2 Å². The number of hydrogen-bond donors (Lipinski definition) is 3. The summed E-state index contributed by atoms with van der Waals surface area (Å²) in [5, 5.41) is 8.92. The normalized spacial score (nSPS) is 24.2. The van der Waals surface area contributed by atoms with Gasteiger partial charge in [-0.1, -0.05) is 26.0 Å². The summed E-state index contributed by atoms with van der Waals surface area (Å²) in [6.45, 7) is 4.82. The summed E-state index contributed by atoms with van der Waals surface area (Å²) in [5.74, 6) is 2.48. The maximum atomic E-state index is 12.6. The van der Waals surface area contributed by atoms with E-state index in [-0.39, 0.29) is 11.4 Å². The van der Waals surface area contributed by atoms with E-state index in [0.717, 1.165) is 29.1 Å². The molecular weight excluding hydrogens is 476 g/mol. The molecule has 1 heterocycles. The van der Waals surface area contributed by atoms with E-state index in [1.165, 1.54) is 44.8 Å². The Labute approximate surface area is 224 Å². The van der Waals surface area contributed by atoms with E-state index >= 15 is 0 Å². The largest absolute Gasteiger partial charge is 0.465 e. The average Bonchev–Trinajstić information content (AvgIpc) is 2.89. The summed E-state index contributed by atoms with van der Waals surface area (Å²) < 4.78 is 4.81. The van der Waals surface area contributed by atoms with Gasteiger partial charge in [-0.05, 0) is 109 Å². The summed E-state index contributed by atoms with van der Waals surface area (Å²) in [5.41, 5.74) is 4.08. The molecule has 2 aliphatic rings. The standard InChI is InChI=1S/C31H36N4O3/c1-20-15-21-17-22(16-20)19-31(2,18-21)23-6-8-25(9-7-23)34-30(37)35-26-12-10-24(11-13-26)33-28-27(29(36)38-3)5-4-14-32-28/h4-14,20-22H,15-19H2,1-3H3,(H,32,33)(H2,34,35,37). The average molecular weight is 513 g/mol. The van der Waals surface area contributed by atoms with Crippen LogP contribution in [0.4, 0.5) is 27.7 Å². The Hall–Kier alpha value is -3.87. The zero-order valence-electron chi connectivity index (χ0n) is 22.3. The number of esters is 1. The van der Waals surface area contributed by atoms with Crippen LogP contribution < -0.4 is 16.0 Å². The second-order valence-corrected chi connectivity index (χ2v) is 11.3. The van der Waals surface area contributed by atoms with Crippen LogP contribution in [-0.4, -0.2) is 24.1 Å². The molecule has 0 saturated heterocycles. The number of nitrogens with zero attached hydrogens (tertiary/aromatic N) is 1. The molecule has 2 unspecified atom stereocenters. The Morgan fingerprint density at radius 3 is 2.05 bits per heavy atom. The van der Waals surface area contributed by atoms with E-state index in [0.29, 0.717) is 17.1 Å². The lowest BCUT2D eigenvalue weighted by atomic mass is 9.57. The van der Waals surface area contributed by atoms with Gasteiger partial charge < -0.3 is 20.7 Å².